The third-order valence-corrected chi connectivity index (χ3v) is 13.8. The Morgan fingerprint density at radius 1 is 0.968 bits per heavy atom. The van der Waals surface area contributed by atoms with Gasteiger partial charge in [0.1, 0.15) is 29.8 Å². The van der Waals surface area contributed by atoms with Gasteiger partial charge in [-0.3, -0.25) is 14.5 Å². The van der Waals surface area contributed by atoms with Crippen LogP contribution in [0.2, 0.25) is 0 Å². The minimum absolute atomic E-state index is 0.179. The summed E-state index contributed by atoms with van der Waals surface area (Å²) in [5, 5.41) is 40.3. The van der Waals surface area contributed by atoms with Crippen LogP contribution in [0.5, 0.6) is 0 Å². The minimum Gasteiger partial charge on any atom is -0.459 e. The summed E-state index contributed by atoms with van der Waals surface area (Å²) in [6.07, 6.45) is 0.748. The van der Waals surface area contributed by atoms with E-state index >= 15 is 0 Å². The largest absolute Gasteiger partial charge is 0.459 e. The molecule has 1 unspecified atom stereocenters. The molecule has 5 rings (SSSR count). The standard InChI is InChI=1S/C50H75N3O10/c1-12-41-50(8,58)45(56)33(4)42(51-63-39-21-17-27-53(30-39)26-16-18-36-22-24-38(25-23-36)37-19-14-13-15-20-37)31(2)29-49(7,59-11)46(34(5)43(54)35(6)47(57)61-41)62-48-44(55)40(52(9)10)28-32(3)60-48/h13-16,18-20,22-25,31-35,39-41,44-46,48,55-56,58H,12,17,21,26-30H2,1-11H3/b18-16-,51-42+/t31-,32-,33+,34+,35-,39?,40+,41-,44-,45-,46-,48+,49-,50-/m1/s1. The van der Waals surface area contributed by atoms with Gasteiger partial charge in [0.15, 0.2) is 12.1 Å². The number of esters is 1. The Kier molecular flexibility index (Phi) is 17.7. The van der Waals surface area contributed by atoms with Crippen molar-refractivity contribution in [2.75, 3.05) is 40.8 Å². The molecule has 14 atom stereocenters. The van der Waals surface area contributed by atoms with Crippen LogP contribution in [0, 0.1) is 23.7 Å². The maximum absolute atomic E-state index is 14.3. The van der Waals surface area contributed by atoms with Gasteiger partial charge in [0, 0.05) is 44.0 Å². The van der Waals surface area contributed by atoms with Gasteiger partial charge in [-0.2, -0.15) is 0 Å². The molecule has 13 heteroatoms. The van der Waals surface area contributed by atoms with E-state index in [2.05, 4.69) is 53.5 Å². The number of piperidine rings is 1. The quantitative estimate of drug-likeness (QED) is 0.130. The number of carbonyl (C=O) groups is 2. The van der Waals surface area contributed by atoms with Gasteiger partial charge in [-0.15, -0.1) is 0 Å². The van der Waals surface area contributed by atoms with E-state index in [0.29, 0.717) is 18.7 Å². The number of oxime groups is 1. The van der Waals surface area contributed by atoms with Crippen molar-refractivity contribution in [3.63, 3.8) is 0 Å². The Morgan fingerprint density at radius 2 is 1.63 bits per heavy atom. The molecule has 3 heterocycles. The summed E-state index contributed by atoms with van der Waals surface area (Å²) in [5.41, 5.74) is 0.811. The lowest BCUT2D eigenvalue weighted by molar-refractivity contribution is -0.295. The van der Waals surface area contributed by atoms with Crippen molar-refractivity contribution in [3.8, 4) is 11.1 Å². The van der Waals surface area contributed by atoms with Gasteiger partial charge in [-0.25, -0.2) is 0 Å². The zero-order valence-corrected chi connectivity index (χ0v) is 39.5. The lowest BCUT2D eigenvalue weighted by Crippen LogP contribution is -2.60. The molecular formula is C50H75N3O10. The van der Waals surface area contributed by atoms with Crippen molar-refractivity contribution in [2.24, 2.45) is 28.8 Å². The lowest BCUT2D eigenvalue weighted by Gasteiger charge is -2.47. The predicted octanol–water partition coefficient (Wildman–Crippen LogP) is 6.37. The van der Waals surface area contributed by atoms with E-state index in [1.165, 1.54) is 32.1 Å². The number of carbonyl (C=O) groups excluding carboxylic acids is 2. The molecule has 3 N–H and O–H groups in total. The Labute approximate surface area is 375 Å². The monoisotopic (exact) mass is 878 g/mol. The first kappa shape index (κ1) is 50.5. The number of likely N-dealkylation sites (N-methyl/N-ethyl adjacent to an activating group) is 1. The smallest absolute Gasteiger partial charge is 0.316 e. The first-order chi connectivity index (χ1) is 29.8. The zero-order chi connectivity index (χ0) is 46.2. The number of ketones is 1. The van der Waals surface area contributed by atoms with E-state index in [1.807, 2.05) is 58.0 Å². The molecule has 0 aromatic heterocycles. The van der Waals surface area contributed by atoms with Gasteiger partial charge in [0.2, 0.25) is 0 Å². The number of rotatable bonds is 11. The number of aliphatic hydroxyl groups is 3. The molecule has 0 spiro atoms. The number of hydrogen-bond donors (Lipinski definition) is 3. The van der Waals surface area contributed by atoms with Crippen LogP contribution in [0.25, 0.3) is 17.2 Å². The number of likely N-dealkylation sites (tertiary alicyclic amines) is 1. The van der Waals surface area contributed by atoms with Crippen LogP contribution < -0.4 is 0 Å². The molecule has 0 bridgehead atoms. The van der Waals surface area contributed by atoms with Gasteiger partial charge < -0.3 is 44.0 Å². The van der Waals surface area contributed by atoms with Gasteiger partial charge in [-0.05, 0) is 97.1 Å². The molecule has 3 aliphatic heterocycles. The molecule has 3 aliphatic rings. The number of cyclic esters (lactones) is 1. The summed E-state index contributed by atoms with van der Waals surface area (Å²) in [4.78, 5) is 38.7. The third kappa shape index (κ3) is 12.2. The van der Waals surface area contributed by atoms with E-state index in [0.717, 1.165) is 31.5 Å². The summed E-state index contributed by atoms with van der Waals surface area (Å²) in [7, 11) is 5.32. The fourth-order valence-electron chi connectivity index (χ4n) is 9.77. The second-order valence-corrected chi connectivity index (χ2v) is 19.0. The Balaban J connectivity index is 1.42. The summed E-state index contributed by atoms with van der Waals surface area (Å²) >= 11 is 0. The number of benzene rings is 2. The topological polar surface area (TPSA) is 160 Å². The van der Waals surface area contributed by atoms with E-state index in [9.17, 15) is 24.9 Å². The number of nitrogens with zero attached hydrogens (tertiary/aromatic N) is 3. The molecule has 2 aromatic carbocycles. The van der Waals surface area contributed by atoms with E-state index in [-0.39, 0.29) is 31.1 Å². The van der Waals surface area contributed by atoms with E-state index < -0.39 is 77.3 Å². The maximum Gasteiger partial charge on any atom is 0.316 e. The van der Waals surface area contributed by atoms with Crippen molar-refractivity contribution in [3.05, 3.63) is 66.2 Å². The molecule has 350 valence electrons. The van der Waals surface area contributed by atoms with Crippen LogP contribution in [0.4, 0.5) is 0 Å². The van der Waals surface area contributed by atoms with Crippen molar-refractivity contribution in [2.45, 2.75) is 148 Å². The number of hydrogen-bond acceptors (Lipinski definition) is 13. The van der Waals surface area contributed by atoms with Crippen molar-refractivity contribution >= 4 is 23.5 Å². The molecule has 0 radical (unpaired) electrons. The van der Waals surface area contributed by atoms with Gasteiger partial charge in [0.25, 0.3) is 0 Å². The third-order valence-electron chi connectivity index (χ3n) is 13.8. The first-order valence-corrected chi connectivity index (χ1v) is 22.9. The van der Waals surface area contributed by atoms with Crippen molar-refractivity contribution < 1.29 is 48.7 Å². The van der Waals surface area contributed by atoms with Crippen LogP contribution in [0.3, 0.4) is 0 Å². The molecule has 3 fully saturated rings. The SMILES string of the molecule is CC[C@H]1OC(=O)[C@H](C)C(=O)[C@H](C)[C@@H](O[C@@H]2O[C@H](C)C[C@H](N(C)C)[C@H]2O)[C@](C)(OC)C[C@@H](C)/C(=N\OC2CCCN(C/C=C\c3ccc(-c4ccccc4)cc3)C2)[C@H](C)[C@@H](O)[C@]1(C)O. The second kappa shape index (κ2) is 22.1. The lowest BCUT2D eigenvalue weighted by atomic mass is 9.74. The highest BCUT2D eigenvalue weighted by molar-refractivity contribution is 6.00. The number of ether oxygens (including phenoxy) is 4. The Bertz CT molecular complexity index is 1840. The highest BCUT2D eigenvalue weighted by atomic mass is 16.7. The van der Waals surface area contributed by atoms with E-state index in [4.69, 9.17) is 28.9 Å². The highest BCUT2D eigenvalue weighted by Crippen LogP contribution is 2.39. The number of methoxy groups -OCH3 is 1. The molecule has 3 saturated heterocycles. The van der Waals surface area contributed by atoms with Crippen LogP contribution in [-0.4, -0.2) is 144 Å². The van der Waals surface area contributed by atoms with Crippen LogP contribution >= 0.6 is 0 Å². The average molecular weight is 878 g/mol. The molecule has 0 saturated carbocycles. The minimum atomic E-state index is -1.91. The predicted molar refractivity (Wildman–Crippen MR) is 245 cm³/mol. The molecule has 2 aromatic rings. The fraction of sp³-hybridized carbons (Fsp3) is 0.660. The van der Waals surface area contributed by atoms with E-state index in [1.54, 1.807) is 20.8 Å². The molecular weight excluding hydrogens is 803 g/mol. The van der Waals surface area contributed by atoms with Crippen molar-refractivity contribution in [1.82, 2.24) is 9.80 Å². The maximum atomic E-state index is 14.3. The van der Waals surface area contributed by atoms with Crippen LogP contribution in [0.1, 0.15) is 93.1 Å². The molecule has 63 heavy (non-hydrogen) atoms. The normalized spacial score (nSPS) is 37.5. The molecule has 13 nitrogen and oxygen atoms in total. The number of aliphatic hydroxyl groups excluding tert-OH is 2. The van der Waals surface area contributed by atoms with Crippen molar-refractivity contribution in [1.29, 1.82) is 0 Å². The van der Waals surface area contributed by atoms with Gasteiger partial charge in [0.05, 0.1) is 29.6 Å². The second-order valence-electron chi connectivity index (χ2n) is 19.0. The van der Waals surface area contributed by atoms with Gasteiger partial charge >= 0.3 is 5.97 Å². The summed E-state index contributed by atoms with van der Waals surface area (Å²) in [6.45, 7) is 16.1. The molecule has 0 aliphatic carbocycles. The first-order valence-electron chi connectivity index (χ1n) is 22.9. The summed E-state index contributed by atoms with van der Waals surface area (Å²) in [6, 6.07) is 18.6. The average Bonchev–Trinajstić information content (AvgIpc) is 3.27. The summed E-state index contributed by atoms with van der Waals surface area (Å²) < 4.78 is 25.1. The van der Waals surface area contributed by atoms with Gasteiger partial charge in [-0.1, -0.05) is 99.6 Å². The molecule has 0 amide bonds. The number of Topliss-reactive ketones (excluding diaryl/α,β-unsaturated/α-hetero) is 1. The van der Waals surface area contributed by atoms with Crippen LogP contribution in [-0.2, 0) is 33.4 Å². The highest BCUT2D eigenvalue weighted by Gasteiger charge is 2.51. The fourth-order valence-corrected chi connectivity index (χ4v) is 9.77. The summed E-state index contributed by atoms with van der Waals surface area (Å²) in [5.74, 6) is -4.68. The Morgan fingerprint density at radius 3 is 2.27 bits per heavy atom. The zero-order valence-electron chi connectivity index (χ0n) is 39.5. The Hall–Kier alpha value is -3.53. The van der Waals surface area contributed by atoms with Crippen LogP contribution in [0.15, 0.2) is 65.8 Å².